The second-order valence-corrected chi connectivity index (χ2v) is 10.4. The Kier molecular flexibility index (Phi) is 5.28. The standard InChI is InChI=1S/C18H28N6O3S/c1-21(2)15-13-28(26,27)16-11-24(10-14(15)16)17(25)12-22-6-8-23(9-7-22)18-19-4-3-5-20-18/h3-5,14-16H,6-13H2,1-2H3/t14-,15-,16-/m0/s1. The lowest BCUT2D eigenvalue weighted by molar-refractivity contribution is -0.131. The molecule has 0 spiro atoms. The summed E-state index contributed by atoms with van der Waals surface area (Å²) in [5.41, 5.74) is 0. The van der Waals surface area contributed by atoms with Crippen molar-refractivity contribution in [1.29, 1.82) is 0 Å². The molecule has 0 radical (unpaired) electrons. The van der Waals surface area contributed by atoms with Gasteiger partial charge in [-0.2, -0.15) is 0 Å². The molecule has 1 aromatic rings. The van der Waals surface area contributed by atoms with E-state index in [2.05, 4.69) is 19.8 Å². The Morgan fingerprint density at radius 1 is 1.14 bits per heavy atom. The smallest absolute Gasteiger partial charge is 0.236 e. The number of anilines is 1. The third kappa shape index (κ3) is 3.72. The van der Waals surface area contributed by atoms with Crippen LogP contribution >= 0.6 is 0 Å². The van der Waals surface area contributed by atoms with Crippen molar-refractivity contribution in [2.45, 2.75) is 11.3 Å². The number of sulfone groups is 1. The summed E-state index contributed by atoms with van der Waals surface area (Å²) in [5, 5.41) is -0.407. The summed E-state index contributed by atoms with van der Waals surface area (Å²) < 4.78 is 25.0. The first-order chi connectivity index (χ1) is 13.3. The summed E-state index contributed by atoms with van der Waals surface area (Å²) in [5.74, 6) is 0.990. The fraction of sp³-hybridized carbons (Fsp3) is 0.722. The van der Waals surface area contributed by atoms with Crippen LogP contribution in [0, 0.1) is 5.92 Å². The van der Waals surface area contributed by atoms with Crippen LogP contribution in [0.3, 0.4) is 0 Å². The van der Waals surface area contributed by atoms with Crippen molar-refractivity contribution in [3.05, 3.63) is 18.5 Å². The molecule has 0 aromatic carbocycles. The van der Waals surface area contributed by atoms with Gasteiger partial charge in [0, 0.05) is 63.6 Å². The number of amides is 1. The normalized spacial score (nSPS) is 30.0. The molecule has 3 fully saturated rings. The molecule has 10 heteroatoms. The Bertz CT molecular complexity index is 810. The van der Waals surface area contributed by atoms with E-state index in [9.17, 15) is 13.2 Å². The molecule has 0 N–H and O–H groups in total. The minimum absolute atomic E-state index is 0.00205. The maximum Gasteiger partial charge on any atom is 0.236 e. The number of piperazine rings is 1. The van der Waals surface area contributed by atoms with Gasteiger partial charge in [-0.05, 0) is 20.2 Å². The first-order valence-corrected chi connectivity index (χ1v) is 11.5. The predicted octanol–water partition coefficient (Wildman–Crippen LogP) is -1.22. The van der Waals surface area contributed by atoms with Gasteiger partial charge in [0.25, 0.3) is 0 Å². The molecule has 3 saturated heterocycles. The highest BCUT2D eigenvalue weighted by Gasteiger charge is 2.53. The molecule has 9 nitrogen and oxygen atoms in total. The summed E-state index contributed by atoms with van der Waals surface area (Å²) in [6, 6.07) is 1.80. The quantitative estimate of drug-likeness (QED) is 0.613. The summed E-state index contributed by atoms with van der Waals surface area (Å²) in [4.78, 5) is 29.4. The van der Waals surface area contributed by atoms with Gasteiger partial charge in [0.2, 0.25) is 11.9 Å². The topological polar surface area (TPSA) is 90.0 Å². The van der Waals surface area contributed by atoms with Gasteiger partial charge >= 0.3 is 0 Å². The Morgan fingerprint density at radius 3 is 2.46 bits per heavy atom. The van der Waals surface area contributed by atoms with E-state index < -0.39 is 15.1 Å². The van der Waals surface area contributed by atoms with Crippen LogP contribution in [0.4, 0.5) is 5.95 Å². The van der Waals surface area contributed by atoms with E-state index in [0.717, 1.165) is 32.1 Å². The molecule has 3 aliphatic heterocycles. The molecule has 1 aromatic heterocycles. The van der Waals surface area contributed by atoms with Crippen molar-refractivity contribution >= 4 is 21.7 Å². The van der Waals surface area contributed by atoms with E-state index in [0.29, 0.717) is 19.6 Å². The lowest BCUT2D eigenvalue weighted by Gasteiger charge is -2.35. The number of nitrogens with zero attached hydrogens (tertiary/aromatic N) is 6. The molecule has 0 unspecified atom stereocenters. The number of aromatic nitrogens is 2. The summed E-state index contributed by atoms with van der Waals surface area (Å²) >= 11 is 0. The number of hydrogen-bond donors (Lipinski definition) is 0. The van der Waals surface area contributed by atoms with Gasteiger partial charge in [0.15, 0.2) is 9.84 Å². The van der Waals surface area contributed by atoms with Crippen LogP contribution in [0.2, 0.25) is 0 Å². The van der Waals surface area contributed by atoms with Gasteiger partial charge in [-0.15, -0.1) is 0 Å². The van der Waals surface area contributed by atoms with Gasteiger partial charge in [-0.25, -0.2) is 18.4 Å². The third-order valence-corrected chi connectivity index (χ3v) is 8.48. The fourth-order valence-electron chi connectivity index (χ4n) is 4.62. The largest absolute Gasteiger partial charge is 0.340 e. The molecule has 1 amide bonds. The predicted molar refractivity (Wildman–Crippen MR) is 106 cm³/mol. The first kappa shape index (κ1) is 19.5. The maximum atomic E-state index is 12.8. The van der Waals surface area contributed by atoms with Crippen LogP contribution in [0.5, 0.6) is 0 Å². The van der Waals surface area contributed by atoms with Crippen molar-refractivity contribution in [2.75, 3.05) is 70.6 Å². The lowest BCUT2D eigenvalue weighted by atomic mass is 10.00. The minimum Gasteiger partial charge on any atom is -0.340 e. The molecular formula is C18H28N6O3S. The van der Waals surface area contributed by atoms with E-state index in [1.165, 1.54) is 0 Å². The minimum atomic E-state index is -3.13. The van der Waals surface area contributed by atoms with Gasteiger partial charge in [0.1, 0.15) is 0 Å². The average molecular weight is 409 g/mol. The third-order valence-electron chi connectivity index (χ3n) is 6.25. The lowest BCUT2D eigenvalue weighted by Crippen LogP contribution is -2.50. The van der Waals surface area contributed by atoms with Gasteiger partial charge in [-0.3, -0.25) is 9.69 Å². The second-order valence-electron chi connectivity index (χ2n) is 8.17. The molecular weight excluding hydrogens is 380 g/mol. The van der Waals surface area contributed by atoms with Crippen LogP contribution in [-0.4, -0.2) is 116 Å². The van der Waals surface area contributed by atoms with Crippen LogP contribution in [0.1, 0.15) is 0 Å². The first-order valence-electron chi connectivity index (χ1n) is 9.75. The number of rotatable bonds is 4. The number of carbonyl (C=O) groups excluding carboxylic acids is 1. The van der Waals surface area contributed by atoms with Gasteiger partial charge in [0.05, 0.1) is 17.5 Å². The molecule has 0 aliphatic carbocycles. The van der Waals surface area contributed by atoms with E-state index in [1.807, 2.05) is 19.0 Å². The fourth-order valence-corrected chi connectivity index (χ4v) is 7.10. The van der Waals surface area contributed by atoms with Gasteiger partial charge in [-0.1, -0.05) is 0 Å². The summed E-state index contributed by atoms with van der Waals surface area (Å²) in [6.07, 6.45) is 3.47. The molecule has 154 valence electrons. The Morgan fingerprint density at radius 2 is 1.82 bits per heavy atom. The SMILES string of the molecule is CN(C)[C@H]1CS(=O)(=O)[C@H]2CN(C(=O)CN3CCN(c4ncccn4)CC3)C[C@@H]12. The zero-order valence-corrected chi connectivity index (χ0v) is 17.3. The zero-order valence-electron chi connectivity index (χ0n) is 16.4. The molecule has 0 bridgehead atoms. The monoisotopic (exact) mass is 408 g/mol. The van der Waals surface area contributed by atoms with E-state index >= 15 is 0 Å². The molecule has 4 heterocycles. The number of hydrogen-bond acceptors (Lipinski definition) is 8. The zero-order chi connectivity index (χ0) is 19.9. The molecule has 0 saturated carbocycles. The van der Waals surface area contributed by atoms with Crippen LogP contribution < -0.4 is 4.90 Å². The van der Waals surface area contributed by atoms with E-state index in [4.69, 9.17) is 0 Å². The number of carbonyl (C=O) groups is 1. The van der Waals surface area contributed by atoms with E-state index in [1.54, 1.807) is 23.4 Å². The molecule has 3 aliphatic rings. The van der Waals surface area contributed by atoms with Crippen LogP contribution in [0.25, 0.3) is 0 Å². The van der Waals surface area contributed by atoms with Crippen molar-refractivity contribution in [3.63, 3.8) is 0 Å². The van der Waals surface area contributed by atoms with Crippen molar-refractivity contribution < 1.29 is 13.2 Å². The summed E-state index contributed by atoms with van der Waals surface area (Å²) in [6.45, 7) is 4.32. The highest BCUT2D eigenvalue weighted by molar-refractivity contribution is 7.92. The Balaban J connectivity index is 1.32. The van der Waals surface area contributed by atoms with Crippen molar-refractivity contribution in [1.82, 2.24) is 24.7 Å². The van der Waals surface area contributed by atoms with Gasteiger partial charge < -0.3 is 14.7 Å². The van der Waals surface area contributed by atoms with Crippen LogP contribution in [0.15, 0.2) is 18.5 Å². The summed E-state index contributed by atoms with van der Waals surface area (Å²) in [7, 11) is 0.714. The Labute approximate surface area is 166 Å². The second kappa shape index (κ2) is 7.57. The number of likely N-dealkylation sites (tertiary alicyclic amines) is 1. The Hall–Kier alpha value is -1.78. The average Bonchev–Trinajstić information content (AvgIpc) is 3.23. The van der Waals surface area contributed by atoms with Crippen molar-refractivity contribution in [3.8, 4) is 0 Å². The van der Waals surface area contributed by atoms with Crippen LogP contribution in [-0.2, 0) is 14.6 Å². The highest BCUT2D eigenvalue weighted by atomic mass is 32.2. The molecule has 28 heavy (non-hydrogen) atoms. The maximum absolute atomic E-state index is 12.8. The molecule has 4 rings (SSSR count). The van der Waals surface area contributed by atoms with E-state index in [-0.39, 0.29) is 23.6 Å². The number of fused-ring (bicyclic) bond motifs is 1. The van der Waals surface area contributed by atoms with Crippen molar-refractivity contribution in [2.24, 2.45) is 5.92 Å². The molecule has 3 atom stereocenters. The highest BCUT2D eigenvalue weighted by Crippen LogP contribution is 2.36.